The Bertz CT molecular complexity index is 814. The van der Waals surface area contributed by atoms with E-state index in [2.05, 4.69) is 17.4 Å². The predicted octanol–water partition coefficient (Wildman–Crippen LogP) is 4.13. The third kappa shape index (κ3) is 7.01. The van der Waals surface area contributed by atoms with Crippen molar-refractivity contribution in [2.75, 3.05) is 13.1 Å². The van der Waals surface area contributed by atoms with Gasteiger partial charge in [0.2, 0.25) is 11.8 Å². The summed E-state index contributed by atoms with van der Waals surface area (Å²) in [4.78, 5) is 25.5. The number of thiophene rings is 1. The van der Waals surface area contributed by atoms with Gasteiger partial charge in [-0.2, -0.15) is 11.3 Å². The van der Waals surface area contributed by atoms with Gasteiger partial charge in [0.15, 0.2) is 5.37 Å². The molecule has 1 aromatic heterocycles. The number of aryl methyl sites for hydroxylation is 1. The number of unbranched alkanes of at least 4 members (excludes halogenated alkanes) is 3. The van der Waals surface area contributed by atoms with Crippen LogP contribution in [-0.2, 0) is 32.9 Å². The maximum Gasteiger partial charge on any atom is 0.239 e. The van der Waals surface area contributed by atoms with E-state index in [1.807, 2.05) is 29.0 Å². The summed E-state index contributed by atoms with van der Waals surface area (Å²) < 4.78 is 12.5. The minimum atomic E-state index is -1.18. The maximum absolute atomic E-state index is 12.5. The van der Waals surface area contributed by atoms with Crippen molar-refractivity contribution in [3.05, 3.63) is 57.2 Å². The lowest BCUT2D eigenvalue weighted by Gasteiger charge is -2.39. The van der Waals surface area contributed by atoms with Crippen LogP contribution >= 0.6 is 22.9 Å². The Morgan fingerprint density at radius 3 is 2.63 bits per heavy atom. The third-order valence-electron chi connectivity index (χ3n) is 5.15. The highest BCUT2D eigenvalue weighted by Gasteiger charge is 2.45. The summed E-state index contributed by atoms with van der Waals surface area (Å²) in [6.45, 7) is 0.597. The number of benzene rings is 1. The maximum atomic E-state index is 12.5. The molecule has 0 spiro atoms. The largest absolute Gasteiger partial charge is 0.614 e. The second-order valence-electron chi connectivity index (χ2n) is 7.48. The molecule has 1 N–H and O–H groups in total. The topological polar surface area (TPSA) is 72.5 Å². The summed E-state index contributed by atoms with van der Waals surface area (Å²) in [5, 5.41) is 7.19. The van der Waals surface area contributed by atoms with Gasteiger partial charge in [-0.1, -0.05) is 36.6 Å². The molecule has 1 fully saturated rings. The number of β-lactam (4-membered cyclic amide) rings is 1. The molecule has 2 atom stereocenters. The first-order chi connectivity index (χ1) is 14.5. The number of hydrogen-bond donors (Lipinski definition) is 1. The molecule has 3 rings (SSSR count). The number of amides is 2. The Balaban J connectivity index is 1.26. The van der Waals surface area contributed by atoms with E-state index >= 15 is 0 Å². The number of halogens is 1. The average Bonchev–Trinajstić information content (AvgIpc) is 3.23. The summed E-state index contributed by atoms with van der Waals surface area (Å²) in [5.74, 6) is 0.146. The standard InChI is InChI=1S/C22H27ClN2O3S2/c23-19-8-6-17(7-9-19)5-3-1-2-4-11-24-20(26)14-25-21(27)13-22(25)30(28)16-18-10-12-29-15-18/h6-10,12,15,22H,1-5,11,13-14,16H2,(H,24,26). The number of carbonyl (C=O) groups is 2. The molecule has 2 heterocycles. The zero-order valence-corrected chi connectivity index (χ0v) is 19.2. The molecule has 2 aromatic rings. The molecule has 1 aromatic carbocycles. The molecule has 0 radical (unpaired) electrons. The van der Waals surface area contributed by atoms with Gasteiger partial charge in [0.05, 0.1) is 6.42 Å². The van der Waals surface area contributed by atoms with Crippen LogP contribution in [-0.4, -0.2) is 39.7 Å². The highest BCUT2D eigenvalue weighted by atomic mass is 35.5. The van der Waals surface area contributed by atoms with Crippen LogP contribution in [0.2, 0.25) is 5.02 Å². The summed E-state index contributed by atoms with van der Waals surface area (Å²) in [5.41, 5.74) is 2.30. The summed E-state index contributed by atoms with van der Waals surface area (Å²) in [6, 6.07) is 9.88. The molecule has 0 bridgehead atoms. The van der Waals surface area contributed by atoms with Crippen LogP contribution in [0.3, 0.4) is 0 Å². The van der Waals surface area contributed by atoms with Gasteiger partial charge in [0, 0.05) is 17.1 Å². The molecule has 2 amide bonds. The van der Waals surface area contributed by atoms with Crippen molar-refractivity contribution < 1.29 is 14.1 Å². The Morgan fingerprint density at radius 1 is 1.17 bits per heavy atom. The van der Waals surface area contributed by atoms with Crippen LogP contribution in [0.15, 0.2) is 41.1 Å². The lowest BCUT2D eigenvalue weighted by molar-refractivity contribution is -0.145. The Morgan fingerprint density at radius 2 is 1.93 bits per heavy atom. The van der Waals surface area contributed by atoms with E-state index < -0.39 is 11.2 Å². The van der Waals surface area contributed by atoms with Crippen LogP contribution in [0, 0.1) is 0 Å². The van der Waals surface area contributed by atoms with Gasteiger partial charge < -0.3 is 9.87 Å². The zero-order valence-electron chi connectivity index (χ0n) is 16.8. The monoisotopic (exact) mass is 466 g/mol. The normalized spacial score (nSPS) is 16.9. The van der Waals surface area contributed by atoms with Gasteiger partial charge in [-0.25, -0.2) is 0 Å². The molecule has 1 aliphatic rings. The molecule has 0 aliphatic carbocycles. The second-order valence-corrected chi connectivity index (χ2v) is 10.3. The van der Waals surface area contributed by atoms with E-state index in [1.165, 1.54) is 10.5 Å². The van der Waals surface area contributed by atoms with Crippen molar-refractivity contribution in [2.24, 2.45) is 0 Å². The average molecular weight is 467 g/mol. The molecule has 30 heavy (non-hydrogen) atoms. The van der Waals surface area contributed by atoms with Gasteiger partial charge in [0.25, 0.3) is 0 Å². The van der Waals surface area contributed by atoms with Crippen LogP contribution in [0.1, 0.15) is 43.2 Å². The van der Waals surface area contributed by atoms with Crippen LogP contribution in [0.25, 0.3) is 0 Å². The van der Waals surface area contributed by atoms with E-state index in [0.717, 1.165) is 42.7 Å². The number of nitrogens with one attached hydrogen (secondary N) is 1. The first-order valence-corrected chi connectivity index (χ1v) is 12.9. The molecule has 162 valence electrons. The molecule has 1 aliphatic heterocycles. The minimum absolute atomic E-state index is 0.00452. The molecule has 5 nitrogen and oxygen atoms in total. The SMILES string of the molecule is O=C(CN1C(=O)CC1[S+]([O-])Cc1ccsc1)NCCCCCCc1ccc(Cl)cc1. The fraction of sp³-hybridized carbons (Fsp3) is 0.455. The van der Waals surface area contributed by atoms with Gasteiger partial charge in [0.1, 0.15) is 12.3 Å². The van der Waals surface area contributed by atoms with Crippen molar-refractivity contribution in [1.82, 2.24) is 10.2 Å². The van der Waals surface area contributed by atoms with Gasteiger partial charge >= 0.3 is 0 Å². The van der Waals surface area contributed by atoms with Gasteiger partial charge in [-0.15, -0.1) is 0 Å². The van der Waals surface area contributed by atoms with Crippen molar-refractivity contribution in [1.29, 1.82) is 0 Å². The third-order valence-corrected chi connectivity index (χ3v) is 7.78. The van der Waals surface area contributed by atoms with E-state index in [0.29, 0.717) is 12.3 Å². The van der Waals surface area contributed by atoms with Gasteiger partial charge in [-0.3, -0.25) is 14.5 Å². The molecule has 8 heteroatoms. The zero-order chi connectivity index (χ0) is 21.3. The molecular formula is C22H27ClN2O3S2. The number of nitrogens with zero attached hydrogens (tertiary/aromatic N) is 1. The molecule has 2 unspecified atom stereocenters. The summed E-state index contributed by atoms with van der Waals surface area (Å²) in [6.07, 6.45) is 5.46. The quantitative estimate of drug-likeness (QED) is 0.290. The number of likely N-dealkylation sites (tertiary alicyclic amines) is 1. The molecule has 1 saturated heterocycles. The van der Waals surface area contributed by atoms with Crippen LogP contribution in [0.5, 0.6) is 0 Å². The highest BCUT2D eigenvalue weighted by Crippen LogP contribution is 2.27. The fourth-order valence-electron chi connectivity index (χ4n) is 3.38. The number of hydrogen-bond acceptors (Lipinski definition) is 4. The second kappa shape index (κ2) is 11.7. The Hall–Kier alpha value is -1.54. The van der Waals surface area contributed by atoms with E-state index in [1.54, 1.807) is 11.3 Å². The highest BCUT2D eigenvalue weighted by molar-refractivity contribution is 7.91. The predicted molar refractivity (Wildman–Crippen MR) is 123 cm³/mol. The van der Waals surface area contributed by atoms with E-state index in [-0.39, 0.29) is 30.2 Å². The van der Waals surface area contributed by atoms with Gasteiger partial charge in [-0.05, 0) is 65.0 Å². The fourth-order valence-corrected chi connectivity index (χ4v) is 5.79. The Kier molecular flexibility index (Phi) is 9.05. The first-order valence-electron chi connectivity index (χ1n) is 10.2. The van der Waals surface area contributed by atoms with Crippen LogP contribution in [0.4, 0.5) is 0 Å². The first kappa shape index (κ1) is 23.1. The van der Waals surface area contributed by atoms with Crippen LogP contribution < -0.4 is 5.32 Å². The van der Waals surface area contributed by atoms with E-state index in [4.69, 9.17) is 11.6 Å². The number of rotatable bonds is 12. The smallest absolute Gasteiger partial charge is 0.239 e. The minimum Gasteiger partial charge on any atom is -0.614 e. The lowest BCUT2D eigenvalue weighted by Crippen LogP contribution is -2.59. The van der Waals surface area contributed by atoms with Crippen molar-refractivity contribution >= 4 is 45.9 Å². The summed E-state index contributed by atoms with van der Waals surface area (Å²) >= 11 is 6.27. The van der Waals surface area contributed by atoms with Crippen molar-refractivity contribution in [3.63, 3.8) is 0 Å². The molecule has 0 saturated carbocycles. The molecular weight excluding hydrogens is 440 g/mol. The summed E-state index contributed by atoms with van der Waals surface area (Å²) in [7, 11) is 0. The Labute approximate surface area is 190 Å². The van der Waals surface area contributed by atoms with Crippen molar-refractivity contribution in [3.8, 4) is 0 Å². The number of carbonyl (C=O) groups excluding carboxylic acids is 2. The lowest BCUT2D eigenvalue weighted by atomic mass is 10.1. The van der Waals surface area contributed by atoms with Crippen molar-refractivity contribution in [2.45, 2.75) is 49.7 Å². The van der Waals surface area contributed by atoms with E-state index in [9.17, 15) is 14.1 Å².